The van der Waals surface area contributed by atoms with Gasteiger partial charge in [0.25, 0.3) is 0 Å². The van der Waals surface area contributed by atoms with E-state index in [1.807, 2.05) is 0 Å². The molecule has 0 spiro atoms. The Morgan fingerprint density at radius 3 is 2.68 bits per heavy atom. The molecule has 0 aromatic heterocycles. The minimum absolute atomic E-state index is 0.337. The topological polar surface area (TPSA) is 26.7 Å². The van der Waals surface area contributed by atoms with Crippen LogP contribution in [0.3, 0.4) is 0 Å². The van der Waals surface area contributed by atoms with Crippen LogP contribution < -0.4 is 0 Å². The monoisotopic (exact) mass is 268 g/mol. The Morgan fingerprint density at radius 2 is 2.00 bits per heavy atom. The second-order valence-electron chi connectivity index (χ2n) is 6.85. The lowest BCUT2D eigenvalue weighted by molar-refractivity contribution is 0.0277. The SMILES string of the molecule is CCN1CCCC(CN(C)CCC2(O)CCCC2)C1. The Balaban J connectivity index is 1.67. The van der Waals surface area contributed by atoms with Crippen LogP contribution >= 0.6 is 0 Å². The molecule has 2 aliphatic rings. The average Bonchev–Trinajstić information content (AvgIpc) is 2.84. The molecule has 1 aliphatic carbocycles. The molecule has 1 N–H and O–H groups in total. The molecule has 3 nitrogen and oxygen atoms in total. The fourth-order valence-electron chi connectivity index (χ4n) is 3.80. The van der Waals surface area contributed by atoms with Gasteiger partial charge in [0.15, 0.2) is 0 Å². The van der Waals surface area contributed by atoms with Gasteiger partial charge >= 0.3 is 0 Å². The Morgan fingerprint density at radius 1 is 1.26 bits per heavy atom. The van der Waals surface area contributed by atoms with Crippen LogP contribution in [0.1, 0.15) is 51.9 Å². The minimum atomic E-state index is -0.337. The van der Waals surface area contributed by atoms with Gasteiger partial charge in [-0.2, -0.15) is 0 Å². The van der Waals surface area contributed by atoms with E-state index >= 15 is 0 Å². The summed E-state index contributed by atoms with van der Waals surface area (Å²) in [4.78, 5) is 5.02. The smallest absolute Gasteiger partial charge is 0.0660 e. The number of hydrogen-bond acceptors (Lipinski definition) is 3. The lowest BCUT2D eigenvalue weighted by Gasteiger charge is -2.34. The van der Waals surface area contributed by atoms with Gasteiger partial charge < -0.3 is 14.9 Å². The number of hydrogen-bond donors (Lipinski definition) is 1. The molecular weight excluding hydrogens is 236 g/mol. The summed E-state index contributed by atoms with van der Waals surface area (Å²) < 4.78 is 0. The van der Waals surface area contributed by atoms with Crippen LogP contribution in [0.4, 0.5) is 0 Å². The highest BCUT2D eigenvalue weighted by atomic mass is 16.3. The van der Waals surface area contributed by atoms with Crippen molar-refractivity contribution in [2.24, 2.45) is 5.92 Å². The van der Waals surface area contributed by atoms with E-state index in [1.54, 1.807) is 0 Å². The Kier molecular flexibility index (Phi) is 5.67. The third-order valence-electron chi connectivity index (χ3n) is 5.11. The highest BCUT2D eigenvalue weighted by Crippen LogP contribution is 2.32. The first kappa shape index (κ1) is 15.3. The predicted molar refractivity (Wildman–Crippen MR) is 80.4 cm³/mol. The number of aliphatic hydroxyl groups is 1. The first-order chi connectivity index (χ1) is 9.11. The maximum absolute atomic E-state index is 10.4. The molecule has 19 heavy (non-hydrogen) atoms. The molecule has 1 aliphatic heterocycles. The van der Waals surface area contributed by atoms with Crippen molar-refractivity contribution in [2.75, 3.05) is 39.8 Å². The summed E-state index contributed by atoms with van der Waals surface area (Å²) in [7, 11) is 2.23. The fourth-order valence-corrected chi connectivity index (χ4v) is 3.80. The molecule has 1 heterocycles. The van der Waals surface area contributed by atoms with E-state index in [9.17, 15) is 5.11 Å². The zero-order chi connectivity index (χ0) is 13.7. The van der Waals surface area contributed by atoms with Crippen LogP contribution in [0.5, 0.6) is 0 Å². The molecule has 1 atom stereocenters. The molecule has 2 fully saturated rings. The summed E-state index contributed by atoms with van der Waals surface area (Å²) in [5.74, 6) is 0.830. The van der Waals surface area contributed by atoms with Crippen molar-refractivity contribution in [3.8, 4) is 0 Å². The normalized spacial score (nSPS) is 28.1. The van der Waals surface area contributed by atoms with Crippen molar-refractivity contribution < 1.29 is 5.11 Å². The molecule has 112 valence electrons. The van der Waals surface area contributed by atoms with Crippen molar-refractivity contribution in [1.29, 1.82) is 0 Å². The van der Waals surface area contributed by atoms with Gasteiger partial charge in [-0.1, -0.05) is 19.8 Å². The summed E-state index contributed by atoms with van der Waals surface area (Å²) in [6.45, 7) is 8.27. The Labute approximate surface area is 119 Å². The van der Waals surface area contributed by atoms with Gasteiger partial charge in [0.05, 0.1) is 5.60 Å². The first-order valence-electron chi connectivity index (χ1n) is 8.24. The highest BCUT2D eigenvalue weighted by molar-refractivity contribution is 4.85. The number of piperidine rings is 1. The zero-order valence-electron chi connectivity index (χ0n) is 12.9. The van der Waals surface area contributed by atoms with Crippen molar-refractivity contribution >= 4 is 0 Å². The van der Waals surface area contributed by atoms with E-state index in [-0.39, 0.29) is 5.60 Å². The van der Waals surface area contributed by atoms with Crippen LogP contribution in [0.2, 0.25) is 0 Å². The summed E-state index contributed by atoms with van der Waals surface area (Å²) in [6, 6.07) is 0. The van der Waals surface area contributed by atoms with E-state index in [4.69, 9.17) is 0 Å². The molecule has 1 unspecified atom stereocenters. The van der Waals surface area contributed by atoms with E-state index in [1.165, 1.54) is 51.9 Å². The van der Waals surface area contributed by atoms with Crippen molar-refractivity contribution in [3.05, 3.63) is 0 Å². The predicted octanol–water partition coefficient (Wildman–Crippen LogP) is 2.35. The van der Waals surface area contributed by atoms with E-state index in [0.29, 0.717) is 0 Å². The van der Waals surface area contributed by atoms with Gasteiger partial charge in [-0.15, -0.1) is 0 Å². The zero-order valence-corrected chi connectivity index (χ0v) is 12.9. The van der Waals surface area contributed by atoms with Crippen molar-refractivity contribution in [1.82, 2.24) is 9.80 Å². The molecule has 3 heteroatoms. The molecule has 0 aromatic rings. The van der Waals surface area contributed by atoms with E-state index in [0.717, 1.165) is 31.7 Å². The third-order valence-corrected chi connectivity index (χ3v) is 5.11. The Bertz CT molecular complexity index is 263. The maximum Gasteiger partial charge on any atom is 0.0660 e. The molecule has 0 aromatic carbocycles. The maximum atomic E-state index is 10.4. The second kappa shape index (κ2) is 7.05. The summed E-state index contributed by atoms with van der Waals surface area (Å²) in [6.07, 6.45) is 8.18. The highest BCUT2D eigenvalue weighted by Gasteiger charge is 2.31. The van der Waals surface area contributed by atoms with Crippen LogP contribution in [-0.4, -0.2) is 60.3 Å². The van der Waals surface area contributed by atoms with Crippen molar-refractivity contribution in [2.45, 2.75) is 57.5 Å². The average molecular weight is 268 g/mol. The van der Waals surface area contributed by atoms with Crippen LogP contribution in [-0.2, 0) is 0 Å². The largest absolute Gasteiger partial charge is 0.390 e. The van der Waals surface area contributed by atoms with Gasteiger partial charge in [-0.25, -0.2) is 0 Å². The van der Waals surface area contributed by atoms with Crippen LogP contribution in [0, 0.1) is 5.92 Å². The second-order valence-corrected chi connectivity index (χ2v) is 6.85. The quantitative estimate of drug-likeness (QED) is 0.801. The standard InChI is InChI=1S/C16H32N2O/c1-3-18-11-6-7-15(14-18)13-17(2)12-10-16(19)8-4-5-9-16/h15,19H,3-14H2,1-2H3. The summed E-state index contributed by atoms with van der Waals surface area (Å²) in [5, 5.41) is 10.4. The van der Waals surface area contributed by atoms with Gasteiger partial charge in [-0.05, 0) is 58.2 Å². The molecule has 0 amide bonds. The molecule has 1 saturated carbocycles. The van der Waals surface area contributed by atoms with Gasteiger partial charge in [0.2, 0.25) is 0 Å². The van der Waals surface area contributed by atoms with Gasteiger partial charge in [0, 0.05) is 19.6 Å². The van der Waals surface area contributed by atoms with Crippen LogP contribution in [0.25, 0.3) is 0 Å². The van der Waals surface area contributed by atoms with Gasteiger partial charge in [-0.3, -0.25) is 0 Å². The van der Waals surface area contributed by atoms with Gasteiger partial charge in [0.1, 0.15) is 0 Å². The fraction of sp³-hybridized carbons (Fsp3) is 1.00. The van der Waals surface area contributed by atoms with Crippen LogP contribution in [0.15, 0.2) is 0 Å². The number of rotatable bonds is 6. The summed E-state index contributed by atoms with van der Waals surface area (Å²) in [5.41, 5.74) is -0.337. The first-order valence-corrected chi connectivity index (χ1v) is 8.24. The molecular formula is C16H32N2O. The lowest BCUT2D eigenvalue weighted by Crippen LogP contribution is -2.41. The third kappa shape index (κ3) is 4.73. The van der Waals surface area contributed by atoms with E-state index in [2.05, 4.69) is 23.8 Å². The minimum Gasteiger partial charge on any atom is -0.390 e. The Hall–Kier alpha value is -0.120. The molecule has 0 radical (unpaired) electrons. The molecule has 0 bridgehead atoms. The van der Waals surface area contributed by atoms with Crippen molar-refractivity contribution in [3.63, 3.8) is 0 Å². The summed E-state index contributed by atoms with van der Waals surface area (Å²) >= 11 is 0. The van der Waals surface area contributed by atoms with E-state index < -0.39 is 0 Å². The lowest BCUT2D eigenvalue weighted by atomic mass is 9.95. The number of nitrogens with zero attached hydrogens (tertiary/aromatic N) is 2. The molecule has 2 rings (SSSR count). The number of likely N-dealkylation sites (tertiary alicyclic amines) is 1. The molecule has 1 saturated heterocycles.